The number of nitrogens with zero attached hydrogens (tertiary/aromatic N) is 2. The lowest BCUT2D eigenvalue weighted by Gasteiger charge is -2.46. The summed E-state index contributed by atoms with van der Waals surface area (Å²) in [7, 11) is 2.05. The highest BCUT2D eigenvalue weighted by Gasteiger charge is 2.35. The minimum atomic E-state index is -0.216. The molecule has 1 aliphatic heterocycles. The summed E-state index contributed by atoms with van der Waals surface area (Å²) in [6.45, 7) is 5.35. The van der Waals surface area contributed by atoms with Crippen molar-refractivity contribution in [3.8, 4) is 11.5 Å². The molecule has 3 aromatic rings. The lowest BCUT2D eigenvalue weighted by molar-refractivity contribution is 0.0557. The maximum Gasteiger partial charge on any atom is 0.321 e. The summed E-state index contributed by atoms with van der Waals surface area (Å²) in [5, 5.41) is 2.94. The highest BCUT2D eigenvalue weighted by molar-refractivity contribution is 5.90. The fourth-order valence-corrected chi connectivity index (χ4v) is 3.96. The van der Waals surface area contributed by atoms with Crippen molar-refractivity contribution in [1.82, 2.24) is 9.80 Å². The number of carbonyl (C=O) groups is 1. The van der Waals surface area contributed by atoms with Crippen LogP contribution >= 0.6 is 0 Å². The molecule has 1 unspecified atom stereocenters. The van der Waals surface area contributed by atoms with Gasteiger partial charge in [-0.15, -0.1) is 0 Å². The van der Waals surface area contributed by atoms with Crippen molar-refractivity contribution < 1.29 is 13.9 Å². The average Bonchev–Trinajstić information content (AvgIpc) is 2.74. The van der Waals surface area contributed by atoms with Gasteiger partial charge < -0.3 is 15.0 Å². The zero-order chi connectivity index (χ0) is 22.7. The molecule has 1 N–H and O–H groups in total. The third-order valence-corrected chi connectivity index (χ3v) is 6.10. The van der Waals surface area contributed by atoms with Crippen molar-refractivity contribution in [2.24, 2.45) is 0 Å². The Kier molecular flexibility index (Phi) is 6.42. The molecule has 2 amide bonds. The number of hydrogen-bond donors (Lipinski definition) is 1. The Hall–Kier alpha value is -3.38. The predicted molar refractivity (Wildman–Crippen MR) is 125 cm³/mol. The third-order valence-electron chi connectivity index (χ3n) is 6.10. The molecule has 1 atom stereocenters. The van der Waals surface area contributed by atoms with Crippen LogP contribution in [0.3, 0.4) is 0 Å². The number of benzene rings is 3. The Balaban J connectivity index is 1.28. The van der Waals surface area contributed by atoms with Gasteiger partial charge in [-0.1, -0.05) is 24.3 Å². The Morgan fingerprint density at radius 1 is 1.06 bits per heavy atom. The molecule has 0 saturated carbocycles. The largest absolute Gasteiger partial charge is 0.457 e. The Bertz CT molecular complexity index is 1070. The van der Waals surface area contributed by atoms with Crippen molar-refractivity contribution in [1.29, 1.82) is 0 Å². The first-order valence-corrected chi connectivity index (χ1v) is 10.8. The van der Waals surface area contributed by atoms with Crippen LogP contribution in [0.1, 0.15) is 24.1 Å². The molecule has 1 saturated heterocycles. The smallest absolute Gasteiger partial charge is 0.321 e. The second kappa shape index (κ2) is 9.40. The van der Waals surface area contributed by atoms with Crippen LogP contribution in [-0.4, -0.2) is 42.0 Å². The molecule has 166 valence electrons. The second-order valence-corrected chi connectivity index (χ2v) is 8.27. The van der Waals surface area contributed by atoms with Gasteiger partial charge in [0, 0.05) is 30.9 Å². The lowest BCUT2D eigenvalue weighted by Crippen LogP contribution is -2.61. The van der Waals surface area contributed by atoms with Gasteiger partial charge in [0.15, 0.2) is 0 Å². The van der Waals surface area contributed by atoms with Gasteiger partial charge in [0.05, 0.1) is 0 Å². The molecular formula is C26H28FN3O2. The topological polar surface area (TPSA) is 44.8 Å². The van der Waals surface area contributed by atoms with E-state index in [1.807, 2.05) is 67.6 Å². The van der Waals surface area contributed by atoms with Crippen LogP contribution in [-0.2, 0) is 0 Å². The van der Waals surface area contributed by atoms with Crippen LogP contribution < -0.4 is 10.1 Å². The maximum absolute atomic E-state index is 13.4. The summed E-state index contributed by atoms with van der Waals surface area (Å²) >= 11 is 0. The van der Waals surface area contributed by atoms with E-state index in [1.54, 1.807) is 11.0 Å². The number of rotatable bonds is 6. The molecule has 3 aromatic carbocycles. The molecule has 0 bridgehead atoms. The van der Waals surface area contributed by atoms with Crippen LogP contribution in [0, 0.1) is 12.7 Å². The van der Waals surface area contributed by atoms with Crippen molar-refractivity contribution >= 4 is 11.7 Å². The minimum Gasteiger partial charge on any atom is -0.457 e. The van der Waals surface area contributed by atoms with Gasteiger partial charge in [-0.3, -0.25) is 4.90 Å². The zero-order valence-corrected chi connectivity index (χ0v) is 18.6. The summed E-state index contributed by atoms with van der Waals surface area (Å²) in [5.41, 5.74) is 2.77. The monoisotopic (exact) mass is 433 g/mol. The summed E-state index contributed by atoms with van der Waals surface area (Å²) in [6, 6.07) is 22.1. The molecule has 0 aromatic heterocycles. The standard InChI is InChI=1S/C26H28FN3O2/c1-18-15-20(27)9-14-25(18)19(2)29(3)22-16-30(17-22)26(31)28-21-10-12-24(13-11-21)32-23-7-5-4-6-8-23/h4-15,19,22H,16-17H2,1-3H3,(H,28,31). The summed E-state index contributed by atoms with van der Waals surface area (Å²) in [4.78, 5) is 16.6. The molecule has 1 fully saturated rings. The van der Waals surface area contributed by atoms with E-state index in [2.05, 4.69) is 24.2 Å². The van der Waals surface area contributed by atoms with Gasteiger partial charge in [-0.25, -0.2) is 9.18 Å². The van der Waals surface area contributed by atoms with Gasteiger partial charge in [0.2, 0.25) is 0 Å². The number of amides is 2. The number of para-hydroxylation sites is 1. The normalized spacial score (nSPS) is 14.7. The van der Waals surface area contributed by atoms with E-state index in [4.69, 9.17) is 4.74 Å². The van der Waals surface area contributed by atoms with Crippen molar-refractivity contribution in [2.75, 3.05) is 25.5 Å². The highest BCUT2D eigenvalue weighted by atomic mass is 19.1. The van der Waals surface area contributed by atoms with Gasteiger partial charge in [-0.05, 0) is 80.6 Å². The van der Waals surface area contributed by atoms with E-state index in [0.717, 1.165) is 22.6 Å². The Morgan fingerprint density at radius 3 is 2.38 bits per heavy atom. The number of carbonyl (C=O) groups excluding carboxylic acids is 1. The number of halogens is 1. The number of likely N-dealkylation sites (N-methyl/N-ethyl adjacent to an activating group) is 1. The molecule has 0 spiro atoms. The number of urea groups is 1. The second-order valence-electron chi connectivity index (χ2n) is 8.27. The highest BCUT2D eigenvalue weighted by Crippen LogP contribution is 2.28. The van der Waals surface area contributed by atoms with Crippen LogP contribution in [0.5, 0.6) is 11.5 Å². The summed E-state index contributed by atoms with van der Waals surface area (Å²) in [6.07, 6.45) is 0. The molecule has 32 heavy (non-hydrogen) atoms. The number of likely N-dealkylation sites (tertiary alicyclic amines) is 1. The van der Waals surface area contributed by atoms with E-state index < -0.39 is 0 Å². The number of nitrogens with one attached hydrogen (secondary N) is 1. The molecular weight excluding hydrogens is 405 g/mol. The van der Waals surface area contributed by atoms with Crippen LogP contribution in [0.4, 0.5) is 14.9 Å². The molecule has 1 heterocycles. The Morgan fingerprint density at radius 2 is 1.72 bits per heavy atom. The first-order valence-electron chi connectivity index (χ1n) is 10.8. The van der Waals surface area contributed by atoms with E-state index in [9.17, 15) is 9.18 Å². The van der Waals surface area contributed by atoms with Crippen molar-refractivity contribution in [3.05, 3.63) is 89.7 Å². The Labute approximate surface area is 188 Å². The van der Waals surface area contributed by atoms with Gasteiger partial charge >= 0.3 is 6.03 Å². The van der Waals surface area contributed by atoms with Crippen LogP contribution in [0.25, 0.3) is 0 Å². The quantitative estimate of drug-likeness (QED) is 0.532. The minimum absolute atomic E-state index is 0.114. The van der Waals surface area contributed by atoms with E-state index >= 15 is 0 Å². The van der Waals surface area contributed by atoms with Gasteiger partial charge in [0.1, 0.15) is 17.3 Å². The first-order chi connectivity index (χ1) is 15.4. The zero-order valence-electron chi connectivity index (χ0n) is 18.6. The maximum atomic E-state index is 13.4. The molecule has 0 radical (unpaired) electrons. The lowest BCUT2D eigenvalue weighted by atomic mass is 9.98. The third kappa shape index (κ3) is 4.92. The van der Waals surface area contributed by atoms with Crippen molar-refractivity contribution in [3.63, 3.8) is 0 Å². The molecule has 6 heteroatoms. The fourth-order valence-electron chi connectivity index (χ4n) is 3.96. The van der Waals surface area contributed by atoms with Crippen LogP contribution in [0.15, 0.2) is 72.8 Å². The summed E-state index contributed by atoms with van der Waals surface area (Å²) < 4.78 is 19.2. The number of ether oxygens (including phenoxy) is 1. The molecule has 1 aliphatic rings. The van der Waals surface area contributed by atoms with E-state index in [0.29, 0.717) is 18.8 Å². The van der Waals surface area contributed by atoms with Crippen LogP contribution in [0.2, 0.25) is 0 Å². The SMILES string of the molecule is Cc1cc(F)ccc1C(C)N(C)C1CN(C(=O)Nc2ccc(Oc3ccccc3)cc2)C1. The van der Waals surface area contributed by atoms with E-state index in [-0.39, 0.29) is 23.9 Å². The predicted octanol–water partition coefficient (Wildman–Crippen LogP) is 5.84. The molecule has 0 aliphatic carbocycles. The van der Waals surface area contributed by atoms with Gasteiger partial charge in [-0.2, -0.15) is 0 Å². The first kappa shape index (κ1) is 21.8. The average molecular weight is 434 g/mol. The number of anilines is 1. The fraction of sp³-hybridized carbons (Fsp3) is 0.269. The summed E-state index contributed by atoms with van der Waals surface area (Å²) in [5.74, 6) is 1.27. The molecule has 5 nitrogen and oxygen atoms in total. The van der Waals surface area contributed by atoms with E-state index in [1.165, 1.54) is 6.07 Å². The number of aryl methyl sites for hydroxylation is 1. The molecule has 4 rings (SSSR count). The van der Waals surface area contributed by atoms with Gasteiger partial charge in [0.25, 0.3) is 0 Å². The van der Waals surface area contributed by atoms with Crippen molar-refractivity contribution in [2.45, 2.75) is 25.9 Å². The number of hydrogen-bond acceptors (Lipinski definition) is 3.